The molecule has 1 saturated carbocycles. The Morgan fingerprint density at radius 3 is 2.60 bits per heavy atom. The molecule has 1 atom stereocenters. The number of benzene rings is 2. The first-order chi connectivity index (χ1) is 16.9. The zero-order valence-electron chi connectivity index (χ0n) is 20.7. The van der Waals surface area contributed by atoms with Gasteiger partial charge in [-0.25, -0.2) is 0 Å². The van der Waals surface area contributed by atoms with Crippen LogP contribution in [0.15, 0.2) is 53.8 Å². The lowest BCUT2D eigenvalue weighted by molar-refractivity contribution is 0.0641. The first kappa shape index (κ1) is 26.9. The van der Waals surface area contributed by atoms with Crippen molar-refractivity contribution in [1.82, 2.24) is 5.32 Å². The van der Waals surface area contributed by atoms with E-state index in [1.165, 1.54) is 0 Å². The summed E-state index contributed by atoms with van der Waals surface area (Å²) >= 11 is 6.46. The molecule has 2 aromatic carbocycles. The van der Waals surface area contributed by atoms with Crippen LogP contribution < -0.4 is 5.32 Å². The van der Waals surface area contributed by atoms with E-state index in [1.54, 1.807) is 6.07 Å². The Bertz CT molecular complexity index is 1050. The van der Waals surface area contributed by atoms with Crippen molar-refractivity contribution in [1.29, 1.82) is 10.7 Å². The molecule has 186 valence electrons. The SMILES string of the molecule is CCCCNCCC(Cc1ccc(C#N)cc1)OC/C(C(=N)c1c(C)cccc1Cl)=C(/O)C1CC1. The summed E-state index contributed by atoms with van der Waals surface area (Å²) in [6, 6.07) is 15.3. The van der Waals surface area contributed by atoms with Crippen molar-refractivity contribution in [2.24, 2.45) is 5.92 Å². The molecular weight excluding hydrogens is 458 g/mol. The van der Waals surface area contributed by atoms with E-state index in [2.05, 4.69) is 18.3 Å². The van der Waals surface area contributed by atoms with Gasteiger partial charge in [0.15, 0.2) is 0 Å². The van der Waals surface area contributed by atoms with Crippen molar-refractivity contribution in [2.45, 2.75) is 58.5 Å². The minimum atomic E-state index is -0.0980. The van der Waals surface area contributed by atoms with Crippen LogP contribution in [0.25, 0.3) is 0 Å². The quantitative estimate of drug-likeness (QED) is 0.159. The lowest BCUT2D eigenvalue weighted by atomic mass is 9.96. The predicted molar refractivity (Wildman–Crippen MR) is 142 cm³/mol. The second-order valence-corrected chi connectivity index (χ2v) is 9.69. The summed E-state index contributed by atoms with van der Waals surface area (Å²) in [5.41, 5.74) is 4.03. The lowest BCUT2D eigenvalue weighted by Gasteiger charge is -2.21. The molecule has 1 aliphatic carbocycles. The fourth-order valence-corrected chi connectivity index (χ4v) is 4.41. The van der Waals surface area contributed by atoms with Crippen LogP contribution in [-0.2, 0) is 11.2 Å². The summed E-state index contributed by atoms with van der Waals surface area (Å²) in [6.07, 6.45) is 5.55. The third-order valence-electron chi connectivity index (χ3n) is 6.41. The Kier molecular flexibility index (Phi) is 10.3. The highest BCUT2D eigenvalue weighted by atomic mass is 35.5. The molecule has 2 aromatic rings. The van der Waals surface area contributed by atoms with E-state index in [1.807, 2.05) is 43.3 Å². The first-order valence-corrected chi connectivity index (χ1v) is 12.9. The topological polar surface area (TPSA) is 89.1 Å². The van der Waals surface area contributed by atoms with Crippen molar-refractivity contribution >= 4 is 17.3 Å². The molecule has 1 unspecified atom stereocenters. The van der Waals surface area contributed by atoms with Crippen LogP contribution in [0.2, 0.25) is 5.02 Å². The second-order valence-electron chi connectivity index (χ2n) is 9.28. The predicted octanol–water partition coefficient (Wildman–Crippen LogP) is 6.52. The lowest BCUT2D eigenvalue weighted by Crippen LogP contribution is -2.27. The molecule has 0 aromatic heterocycles. The van der Waals surface area contributed by atoms with Crippen molar-refractivity contribution in [2.75, 3.05) is 19.7 Å². The minimum Gasteiger partial charge on any atom is -0.512 e. The summed E-state index contributed by atoms with van der Waals surface area (Å²) in [5.74, 6) is 0.358. The van der Waals surface area contributed by atoms with E-state index in [4.69, 9.17) is 27.0 Å². The first-order valence-electron chi connectivity index (χ1n) is 12.5. The molecule has 1 aliphatic rings. The summed E-state index contributed by atoms with van der Waals surface area (Å²) in [7, 11) is 0. The molecule has 35 heavy (non-hydrogen) atoms. The molecule has 3 rings (SSSR count). The summed E-state index contributed by atoms with van der Waals surface area (Å²) < 4.78 is 6.39. The minimum absolute atomic E-state index is 0.0980. The highest BCUT2D eigenvalue weighted by molar-refractivity contribution is 6.35. The third-order valence-corrected chi connectivity index (χ3v) is 6.72. The Morgan fingerprint density at radius 1 is 1.23 bits per heavy atom. The maximum atomic E-state index is 11.0. The van der Waals surface area contributed by atoms with Crippen LogP contribution in [0.4, 0.5) is 0 Å². The second kappa shape index (κ2) is 13.4. The van der Waals surface area contributed by atoms with Gasteiger partial charge in [0.2, 0.25) is 0 Å². The number of aliphatic hydroxyl groups is 1. The molecule has 0 radical (unpaired) electrons. The Labute approximate surface area is 214 Å². The molecule has 1 fully saturated rings. The van der Waals surface area contributed by atoms with E-state index in [0.29, 0.717) is 28.1 Å². The highest BCUT2D eigenvalue weighted by Gasteiger charge is 2.31. The fraction of sp³-hybridized carbons (Fsp3) is 0.448. The third kappa shape index (κ3) is 7.93. The van der Waals surface area contributed by atoms with Crippen LogP contribution in [0.1, 0.15) is 61.3 Å². The van der Waals surface area contributed by atoms with Gasteiger partial charge in [-0.2, -0.15) is 5.26 Å². The van der Waals surface area contributed by atoms with Crippen LogP contribution in [0.5, 0.6) is 0 Å². The van der Waals surface area contributed by atoms with Gasteiger partial charge in [0, 0.05) is 17.1 Å². The van der Waals surface area contributed by atoms with E-state index in [-0.39, 0.29) is 30.1 Å². The number of aryl methyl sites for hydroxylation is 1. The number of nitrogens with zero attached hydrogens (tertiary/aromatic N) is 1. The molecule has 3 N–H and O–H groups in total. The van der Waals surface area contributed by atoms with Crippen LogP contribution in [-0.4, -0.2) is 36.6 Å². The number of ether oxygens (including phenoxy) is 1. The Balaban J connectivity index is 1.77. The van der Waals surface area contributed by atoms with Crippen molar-refractivity contribution in [3.63, 3.8) is 0 Å². The normalized spacial score (nSPS) is 14.8. The van der Waals surface area contributed by atoms with Gasteiger partial charge in [-0.1, -0.05) is 49.2 Å². The van der Waals surface area contributed by atoms with E-state index >= 15 is 0 Å². The molecule has 0 amide bonds. The molecular formula is C29H36ClN3O2. The number of rotatable bonds is 14. The van der Waals surface area contributed by atoms with Gasteiger partial charge >= 0.3 is 0 Å². The van der Waals surface area contributed by atoms with E-state index in [0.717, 1.165) is 56.3 Å². The maximum absolute atomic E-state index is 11.0. The van der Waals surface area contributed by atoms with Gasteiger partial charge in [-0.05, 0) is 81.4 Å². The number of hydrogen-bond donors (Lipinski definition) is 3. The number of halogens is 1. The average Bonchev–Trinajstić information content (AvgIpc) is 3.69. The molecule has 0 spiro atoms. The maximum Gasteiger partial charge on any atom is 0.103 e. The van der Waals surface area contributed by atoms with Gasteiger partial charge in [0.25, 0.3) is 0 Å². The summed E-state index contributed by atoms with van der Waals surface area (Å²) in [5, 5.41) is 33.0. The summed E-state index contributed by atoms with van der Waals surface area (Å²) in [4.78, 5) is 0. The Hall–Kier alpha value is -2.65. The monoisotopic (exact) mass is 493 g/mol. The van der Waals surface area contributed by atoms with Crippen molar-refractivity contribution < 1.29 is 9.84 Å². The Morgan fingerprint density at radius 2 is 1.97 bits per heavy atom. The number of nitriles is 1. The van der Waals surface area contributed by atoms with Gasteiger partial charge in [0.1, 0.15) is 5.76 Å². The van der Waals surface area contributed by atoms with Gasteiger partial charge in [0.05, 0.1) is 35.1 Å². The standard InChI is InChI=1S/C29H36ClN3O2/c1-3-4-15-33-16-14-24(17-21-8-10-22(18-31)11-9-21)35-19-25(29(34)23-12-13-23)28(32)27-20(2)6-5-7-26(27)30/h5-11,23-24,32-34H,3-4,12-17,19H2,1-2H3/b29-25-,32-28?. The number of allylic oxidation sites excluding steroid dienone is 1. The number of nitrogens with one attached hydrogen (secondary N) is 2. The molecule has 0 aliphatic heterocycles. The molecule has 0 heterocycles. The number of unbranched alkanes of at least 4 members (excludes halogenated alkanes) is 1. The smallest absolute Gasteiger partial charge is 0.103 e. The number of aliphatic hydroxyl groups excluding tert-OH is 1. The summed E-state index contributed by atoms with van der Waals surface area (Å²) in [6.45, 7) is 6.06. The van der Waals surface area contributed by atoms with Crippen molar-refractivity contribution in [3.8, 4) is 6.07 Å². The zero-order chi connectivity index (χ0) is 25.2. The molecule has 0 saturated heterocycles. The average molecular weight is 494 g/mol. The van der Waals surface area contributed by atoms with Crippen molar-refractivity contribution in [3.05, 3.63) is 81.1 Å². The van der Waals surface area contributed by atoms with E-state index in [9.17, 15) is 5.11 Å². The molecule has 5 nitrogen and oxygen atoms in total. The largest absolute Gasteiger partial charge is 0.512 e. The zero-order valence-corrected chi connectivity index (χ0v) is 21.5. The van der Waals surface area contributed by atoms with Crippen LogP contribution in [0.3, 0.4) is 0 Å². The van der Waals surface area contributed by atoms with Gasteiger partial charge < -0.3 is 15.2 Å². The van der Waals surface area contributed by atoms with E-state index < -0.39 is 0 Å². The highest BCUT2D eigenvalue weighted by Crippen LogP contribution is 2.38. The molecule has 6 heteroatoms. The van der Waals surface area contributed by atoms with Gasteiger partial charge in [-0.3, -0.25) is 5.41 Å². The van der Waals surface area contributed by atoms with Crippen LogP contribution >= 0.6 is 11.6 Å². The molecule has 0 bridgehead atoms. The fourth-order valence-electron chi connectivity index (χ4n) is 4.09. The number of hydrogen-bond acceptors (Lipinski definition) is 5. The van der Waals surface area contributed by atoms with Crippen LogP contribution in [0, 0.1) is 29.6 Å². The van der Waals surface area contributed by atoms with Gasteiger partial charge in [-0.15, -0.1) is 0 Å².